The summed E-state index contributed by atoms with van der Waals surface area (Å²) < 4.78 is 27.2. The molecule has 0 spiro atoms. The number of aromatic amines is 1. The molecule has 0 atom stereocenters. The molecule has 1 aromatic heterocycles. The van der Waals surface area contributed by atoms with E-state index in [9.17, 15) is 22.8 Å². The third kappa shape index (κ3) is 5.07. The number of hydrogen-bond acceptors (Lipinski definition) is 6. The van der Waals surface area contributed by atoms with E-state index in [2.05, 4.69) is 4.98 Å². The van der Waals surface area contributed by atoms with Crippen LogP contribution in [-0.2, 0) is 10.0 Å². The zero-order valence-corrected chi connectivity index (χ0v) is 19.4. The molecule has 10 heteroatoms. The number of piperazine rings is 1. The van der Waals surface area contributed by atoms with Crippen LogP contribution < -0.4 is 0 Å². The summed E-state index contributed by atoms with van der Waals surface area (Å²) >= 11 is 0. The molecule has 2 saturated heterocycles. The maximum atomic E-state index is 12.9. The molecule has 0 aliphatic carbocycles. The number of sulfonamides is 1. The molecule has 2 fully saturated rings. The van der Waals surface area contributed by atoms with Crippen LogP contribution in [0.4, 0.5) is 0 Å². The molecule has 2 aliphatic heterocycles. The van der Waals surface area contributed by atoms with E-state index in [-0.39, 0.29) is 42.0 Å². The van der Waals surface area contributed by atoms with Gasteiger partial charge in [-0.25, -0.2) is 8.42 Å². The van der Waals surface area contributed by atoms with Crippen LogP contribution in [0.5, 0.6) is 0 Å². The van der Waals surface area contributed by atoms with E-state index in [0.29, 0.717) is 29.9 Å². The van der Waals surface area contributed by atoms with Gasteiger partial charge in [0.1, 0.15) is 5.69 Å². The lowest BCUT2D eigenvalue weighted by Gasteiger charge is -2.33. The number of Topliss-reactive ketones (excluding diaryl/α,β-unsaturated/α-hetero) is 2. The van der Waals surface area contributed by atoms with E-state index in [1.807, 2.05) is 4.90 Å². The fourth-order valence-corrected chi connectivity index (χ4v) is 5.62. The predicted molar refractivity (Wildman–Crippen MR) is 122 cm³/mol. The number of benzene rings is 1. The first kappa shape index (κ1) is 23.3. The quantitative estimate of drug-likeness (QED) is 0.614. The number of aromatic nitrogens is 1. The van der Waals surface area contributed by atoms with E-state index in [4.69, 9.17) is 0 Å². The van der Waals surface area contributed by atoms with Crippen LogP contribution in [0.2, 0.25) is 0 Å². The number of amides is 1. The third-order valence-corrected chi connectivity index (χ3v) is 8.14. The Balaban J connectivity index is 1.32. The second kappa shape index (κ2) is 9.58. The molecule has 2 aliphatic rings. The Kier molecular flexibility index (Phi) is 6.78. The van der Waals surface area contributed by atoms with Crippen LogP contribution in [0.25, 0.3) is 0 Å². The summed E-state index contributed by atoms with van der Waals surface area (Å²) in [6.07, 6.45) is 3.57. The van der Waals surface area contributed by atoms with Crippen LogP contribution in [0.1, 0.15) is 51.0 Å². The number of rotatable bonds is 7. The SMILES string of the molecule is CC(=O)c1ccc(S(=O)(=O)N2CCN(CC(=O)c3c[nH]c(C(=O)N4CCCC4)c3)CC2)cc1. The normalized spacial score (nSPS) is 17.9. The number of nitrogens with one attached hydrogen (secondary N) is 1. The second-order valence-corrected chi connectivity index (χ2v) is 10.4. The standard InChI is InChI=1S/C23H28N4O5S/c1-17(28)18-4-6-20(7-5-18)33(31,32)27-12-10-25(11-13-27)16-22(29)19-14-21(24-15-19)23(30)26-8-2-3-9-26/h4-7,14-15,24H,2-3,8-13,16H2,1H3. The lowest BCUT2D eigenvalue weighted by molar-refractivity contribution is 0.0787. The zero-order chi connectivity index (χ0) is 23.6. The lowest BCUT2D eigenvalue weighted by Crippen LogP contribution is -2.49. The molecule has 33 heavy (non-hydrogen) atoms. The Bertz CT molecular complexity index is 1140. The van der Waals surface area contributed by atoms with Crippen LogP contribution in [0.15, 0.2) is 41.4 Å². The van der Waals surface area contributed by atoms with Crippen molar-refractivity contribution in [2.75, 3.05) is 45.8 Å². The van der Waals surface area contributed by atoms with Gasteiger partial charge in [-0.05, 0) is 38.0 Å². The van der Waals surface area contributed by atoms with Crippen molar-refractivity contribution in [2.45, 2.75) is 24.7 Å². The van der Waals surface area contributed by atoms with Crippen LogP contribution >= 0.6 is 0 Å². The molecule has 0 radical (unpaired) electrons. The van der Waals surface area contributed by atoms with E-state index in [0.717, 1.165) is 25.9 Å². The number of carbonyl (C=O) groups is 3. The maximum absolute atomic E-state index is 12.9. The van der Waals surface area contributed by atoms with Crippen molar-refractivity contribution in [2.24, 2.45) is 0 Å². The minimum atomic E-state index is -3.66. The fraction of sp³-hybridized carbons (Fsp3) is 0.435. The van der Waals surface area contributed by atoms with E-state index in [1.165, 1.54) is 35.5 Å². The van der Waals surface area contributed by atoms with Gasteiger partial charge in [-0.2, -0.15) is 4.31 Å². The Hall–Kier alpha value is -2.82. The summed E-state index contributed by atoms with van der Waals surface area (Å²) in [5, 5.41) is 0. The summed E-state index contributed by atoms with van der Waals surface area (Å²) in [5.41, 5.74) is 1.34. The van der Waals surface area contributed by atoms with Crippen molar-refractivity contribution in [3.8, 4) is 0 Å². The number of likely N-dealkylation sites (tertiary alicyclic amines) is 1. The molecular weight excluding hydrogens is 444 g/mol. The molecule has 0 saturated carbocycles. The Morgan fingerprint density at radius 2 is 1.55 bits per heavy atom. The second-order valence-electron chi connectivity index (χ2n) is 8.49. The summed E-state index contributed by atoms with van der Waals surface area (Å²) in [6, 6.07) is 7.55. The molecule has 0 unspecified atom stereocenters. The van der Waals surface area contributed by atoms with Crippen LogP contribution in [0, 0.1) is 0 Å². The van der Waals surface area contributed by atoms with Crippen molar-refractivity contribution in [1.29, 1.82) is 0 Å². The van der Waals surface area contributed by atoms with Gasteiger partial charge in [-0.3, -0.25) is 19.3 Å². The minimum Gasteiger partial charge on any atom is -0.356 e. The third-order valence-electron chi connectivity index (χ3n) is 6.23. The van der Waals surface area contributed by atoms with Gasteiger partial charge in [0, 0.05) is 56.6 Å². The van der Waals surface area contributed by atoms with Crippen molar-refractivity contribution in [1.82, 2.24) is 19.1 Å². The number of hydrogen-bond donors (Lipinski definition) is 1. The number of nitrogens with zero attached hydrogens (tertiary/aromatic N) is 3. The van der Waals surface area contributed by atoms with E-state index >= 15 is 0 Å². The van der Waals surface area contributed by atoms with Gasteiger partial charge in [0.15, 0.2) is 11.6 Å². The molecule has 1 amide bonds. The van der Waals surface area contributed by atoms with Gasteiger partial charge in [-0.15, -0.1) is 0 Å². The first-order valence-electron chi connectivity index (χ1n) is 11.1. The van der Waals surface area contributed by atoms with Crippen molar-refractivity contribution in [3.63, 3.8) is 0 Å². The first-order valence-corrected chi connectivity index (χ1v) is 12.5. The molecular formula is C23H28N4O5S. The average Bonchev–Trinajstić information content (AvgIpc) is 3.52. The molecule has 9 nitrogen and oxygen atoms in total. The van der Waals surface area contributed by atoms with E-state index in [1.54, 1.807) is 17.2 Å². The van der Waals surface area contributed by atoms with Gasteiger partial charge in [0.05, 0.1) is 11.4 Å². The van der Waals surface area contributed by atoms with Crippen molar-refractivity contribution in [3.05, 3.63) is 53.3 Å². The highest BCUT2D eigenvalue weighted by Crippen LogP contribution is 2.19. The fourth-order valence-electron chi connectivity index (χ4n) is 4.20. The van der Waals surface area contributed by atoms with Gasteiger partial charge in [-0.1, -0.05) is 12.1 Å². The summed E-state index contributed by atoms with van der Waals surface area (Å²) in [6.45, 7) is 4.50. The monoisotopic (exact) mass is 472 g/mol. The number of ketones is 2. The summed E-state index contributed by atoms with van der Waals surface area (Å²) in [7, 11) is -3.66. The predicted octanol–water partition coefficient (Wildman–Crippen LogP) is 1.64. The topological polar surface area (TPSA) is 111 Å². The molecule has 176 valence electrons. The largest absolute Gasteiger partial charge is 0.356 e. The molecule has 4 rings (SSSR count). The van der Waals surface area contributed by atoms with Crippen LogP contribution in [-0.4, -0.2) is 90.8 Å². The minimum absolute atomic E-state index is 0.0818. The zero-order valence-electron chi connectivity index (χ0n) is 18.6. The number of carbonyl (C=O) groups excluding carboxylic acids is 3. The highest BCUT2D eigenvalue weighted by Gasteiger charge is 2.29. The van der Waals surface area contributed by atoms with Crippen LogP contribution in [0.3, 0.4) is 0 Å². The van der Waals surface area contributed by atoms with Gasteiger partial charge in [0.25, 0.3) is 5.91 Å². The summed E-state index contributed by atoms with van der Waals surface area (Å²) in [4.78, 5) is 43.4. The first-order chi connectivity index (χ1) is 15.8. The van der Waals surface area contributed by atoms with Gasteiger partial charge < -0.3 is 9.88 Å². The highest BCUT2D eigenvalue weighted by atomic mass is 32.2. The van der Waals surface area contributed by atoms with Crippen molar-refractivity contribution >= 4 is 27.5 Å². The lowest BCUT2D eigenvalue weighted by atomic mass is 10.2. The van der Waals surface area contributed by atoms with Gasteiger partial charge >= 0.3 is 0 Å². The molecule has 2 aromatic rings. The average molecular weight is 473 g/mol. The highest BCUT2D eigenvalue weighted by molar-refractivity contribution is 7.89. The molecule has 1 aromatic carbocycles. The molecule has 0 bridgehead atoms. The maximum Gasteiger partial charge on any atom is 0.270 e. The Morgan fingerprint density at radius 1 is 0.909 bits per heavy atom. The Morgan fingerprint density at radius 3 is 2.15 bits per heavy atom. The van der Waals surface area contributed by atoms with Crippen molar-refractivity contribution < 1.29 is 22.8 Å². The summed E-state index contributed by atoms with van der Waals surface area (Å²) in [5.74, 6) is -0.309. The Labute approximate surface area is 193 Å². The van der Waals surface area contributed by atoms with Gasteiger partial charge in [0.2, 0.25) is 10.0 Å². The smallest absolute Gasteiger partial charge is 0.270 e. The van der Waals surface area contributed by atoms with E-state index < -0.39 is 10.0 Å². The number of H-pyrrole nitrogens is 1. The molecule has 3 heterocycles. The molecule has 1 N–H and O–H groups in total.